The summed E-state index contributed by atoms with van der Waals surface area (Å²) in [5.41, 5.74) is 2.08. The average molecular weight is 461 g/mol. The third-order valence-corrected chi connectivity index (χ3v) is 7.86. The number of nitrogens with zero attached hydrogens (tertiary/aromatic N) is 3. The van der Waals surface area contributed by atoms with Crippen LogP contribution in [0.1, 0.15) is 44.2 Å². The lowest BCUT2D eigenvalue weighted by Gasteiger charge is -2.29. The highest BCUT2D eigenvalue weighted by Crippen LogP contribution is 2.40. The SMILES string of the molecule is CC1(C)N=Nc2cc(CN([C@@H]3CCCCNC3=O)S(=O)(=O)c3ccc(Cl)cc3)ccc21. The summed E-state index contributed by atoms with van der Waals surface area (Å²) in [4.78, 5) is 12.9. The van der Waals surface area contributed by atoms with Crippen molar-refractivity contribution in [2.45, 2.75) is 56.1 Å². The molecular weight excluding hydrogens is 436 g/mol. The first kappa shape index (κ1) is 21.9. The van der Waals surface area contributed by atoms with E-state index < -0.39 is 21.6 Å². The number of carbonyl (C=O) groups is 1. The highest BCUT2D eigenvalue weighted by atomic mass is 35.5. The number of nitrogens with one attached hydrogen (secondary N) is 1. The Hall–Kier alpha value is -2.29. The molecule has 0 aliphatic carbocycles. The Bertz CT molecular complexity index is 1130. The molecular formula is C22H25ClN4O3S. The van der Waals surface area contributed by atoms with Crippen LogP contribution in [-0.2, 0) is 26.9 Å². The summed E-state index contributed by atoms with van der Waals surface area (Å²) < 4.78 is 28.5. The number of azo groups is 1. The van der Waals surface area contributed by atoms with E-state index in [9.17, 15) is 13.2 Å². The van der Waals surface area contributed by atoms with E-state index in [0.29, 0.717) is 18.0 Å². The highest BCUT2D eigenvalue weighted by molar-refractivity contribution is 7.89. The van der Waals surface area contributed by atoms with Crippen LogP contribution in [0.4, 0.5) is 5.69 Å². The van der Waals surface area contributed by atoms with Crippen LogP contribution in [0, 0.1) is 0 Å². The number of amides is 1. The molecule has 9 heteroatoms. The van der Waals surface area contributed by atoms with Gasteiger partial charge in [-0.1, -0.05) is 23.7 Å². The number of rotatable bonds is 5. The third-order valence-electron chi connectivity index (χ3n) is 5.74. The van der Waals surface area contributed by atoms with Crippen LogP contribution in [0.3, 0.4) is 0 Å². The lowest BCUT2D eigenvalue weighted by atomic mass is 9.94. The van der Waals surface area contributed by atoms with Crippen molar-refractivity contribution >= 4 is 33.2 Å². The standard InChI is InChI=1S/C22H25ClN4O3S/c1-22(2)18-11-6-15(13-19(18)25-26-22)14-27(20-5-3-4-12-24-21(20)28)31(29,30)17-9-7-16(23)8-10-17/h6-11,13,20H,3-5,12,14H2,1-2H3,(H,24,28)/t20-/m1/s1. The van der Waals surface area contributed by atoms with E-state index >= 15 is 0 Å². The van der Waals surface area contributed by atoms with Crippen LogP contribution < -0.4 is 5.32 Å². The van der Waals surface area contributed by atoms with Gasteiger partial charge in [-0.15, -0.1) is 0 Å². The minimum Gasteiger partial charge on any atom is -0.355 e. The van der Waals surface area contributed by atoms with Gasteiger partial charge < -0.3 is 5.32 Å². The van der Waals surface area contributed by atoms with E-state index in [0.717, 1.165) is 29.7 Å². The largest absolute Gasteiger partial charge is 0.355 e. The van der Waals surface area contributed by atoms with Gasteiger partial charge in [-0.2, -0.15) is 14.5 Å². The normalized spacial score (nSPS) is 20.4. The van der Waals surface area contributed by atoms with E-state index in [1.165, 1.54) is 28.6 Å². The summed E-state index contributed by atoms with van der Waals surface area (Å²) in [6, 6.07) is 10.9. The molecule has 2 aromatic rings. The molecule has 2 aliphatic heterocycles. The number of halogens is 1. The number of hydrogen-bond acceptors (Lipinski definition) is 5. The topological polar surface area (TPSA) is 91.2 Å². The van der Waals surface area contributed by atoms with E-state index in [1.54, 1.807) is 0 Å². The summed E-state index contributed by atoms with van der Waals surface area (Å²) in [5.74, 6) is -0.267. The Morgan fingerprint density at radius 2 is 1.90 bits per heavy atom. The molecule has 1 N–H and O–H groups in total. The van der Waals surface area contributed by atoms with Crippen molar-refractivity contribution in [1.82, 2.24) is 9.62 Å². The molecule has 1 saturated heterocycles. The number of hydrogen-bond donors (Lipinski definition) is 1. The van der Waals surface area contributed by atoms with Gasteiger partial charge in [0.15, 0.2) is 0 Å². The van der Waals surface area contributed by atoms with Gasteiger partial charge in [-0.3, -0.25) is 4.79 Å². The van der Waals surface area contributed by atoms with Crippen molar-refractivity contribution in [3.05, 3.63) is 58.6 Å². The summed E-state index contributed by atoms with van der Waals surface area (Å²) in [6.07, 6.45) is 2.06. The molecule has 0 unspecified atom stereocenters. The van der Waals surface area contributed by atoms with Gasteiger partial charge >= 0.3 is 0 Å². The molecule has 0 spiro atoms. The molecule has 4 rings (SSSR count). The van der Waals surface area contributed by atoms with Crippen LogP contribution >= 0.6 is 11.6 Å². The van der Waals surface area contributed by atoms with Crippen molar-refractivity contribution in [3.8, 4) is 0 Å². The van der Waals surface area contributed by atoms with Crippen molar-refractivity contribution in [2.24, 2.45) is 10.2 Å². The first-order chi connectivity index (χ1) is 14.7. The molecule has 1 amide bonds. The zero-order chi connectivity index (χ0) is 22.2. The van der Waals surface area contributed by atoms with Crippen LogP contribution in [0.5, 0.6) is 0 Å². The fraction of sp³-hybridized carbons (Fsp3) is 0.409. The maximum absolute atomic E-state index is 13.6. The van der Waals surface area contributed by atoms with Crippen molar-refractivity contribution < 1.29 is 13.2 Å². The maximum atomic E-state index is 13.6. The number of carbonyl (C=O) groups excluding carboxylic acids is 1. The predicted octanol–water partition coefficient (Wildman–Crippen LogP) is 4.53. The predicted molar refractivity (Wildman–Crippen MR) is 119 cm³/mol. The summed E-state index contributed by atoms with van der Waals surface area (Å²) >= 11 is 5.95. The second-order valence-corrected chi connectivity index (χ2v) is 10.7. The highest BCUT2D eigenvalue weighted by Gasteiger charge is 2.37. The molecule has 1 atom stereocenters. The smallest absolute Gasteiger partial charge is 0.244 e. The van der Waals surface area contributed by atoms with Crippen molar-refractivity contribution in [3.63, 3.8) is 0 Å². The molecule has 31 heavy (non-hydrogen) atoms. The minimum atomic E-state index is -3.94. The zero-order valence-corrected chi connectivity index (χ0v) is 19.1. The molecule has 0 saturated carbocycles. The Morgan fingerprint density at radius 3 is 2.65 bits per heavy atom. The second-order valence-electron chi connectivity index (χ2n) is 8.42. The van der Waals surface area contributed by atoms with Gasteiger partial charge in [0.25, 0.3) is 0 Å². The van der Waals surface area contributed by atoms with Gasteiger partial charge in [0.05, 0.1) is 10.6 Å². The van der Waals surface area contributed by atoms with E-state index in [4.69, 9.17) is 11.6 Å². The van der Waals surface area contributed by atoms with Crippen LogP contribution in [0.15, 0.2) is 57.6 Å². The molecule has 7 nitrogen and oxygen atoms in total. The minimum absolute atomic E-state index is 0.0618. The third kappa shape index (κ3) is 4.37. The monoisotopic (exact) mass is 460 g/mol. The molecule has 2 heterocycles. The Kier molecular flexibility index (Phi) is 5.89. The molecule has 0 radical (unpaired) electrons. The Labute approximate surface area is 187 Å². The summed E-state index contributed by atoms with van der Waals surface area (Å²) in [5, 5.41) is 11.8. The van der Waals surface area contributed by atoms with Gasteiger partial charge in [0.1, 0.15) is 11.6 Å². The van der Waals surface area contributed by atoms with Gasteiger partial charge in [0, 0.05) is 23.7 Å². The average Bonchev–Trinajstić information content (AvgIpc) is 2.88. The molecule has 1 fully saturated rings. The van der Waals surface area contributed by atoms with Gasteiger partial charge in [-0.25, -0.2) is 8.42 Å². The quantitative estimate of drug-likeness (QED) is 0.710. The fourth-order valence-corrected chi connectivity index (χ4v) is 5.72. The van der Waals surface area contributed by atoms with Gasteiger partial charge in [0.2, 0.25) is 15.9 Å². The Balaban J connectivity index is 1.73. The van der Waals surface area contributed by atoms with Gasteiger partial charge in [-0.05, 0) is 69.0 Å². The summed E-state index contributed by atoms with van der Waals surface area (Å²) in [6.45, 7) is 4.58. The number of benzene rings is 2. The molecule has 164 valence electrons. The molecule has 2 aliphatic rings. The van der Waals surface area contributed by atoms with E-state index in [2.05, 4.69) is 15.5 Å². The van der Waals surface area contributed by atoms with Crippen molar-refractivity contribution in [1.29, 1.82) is 0 Å². The second kappa shape index (κ2) is 8.33. The first-order valence-electron chi connectivity index (χ1n) is 10.3. The zero-order valence-electron chi connectivity index (χ0n) is 17.5. The van der Waals surface area contributed by atoms with E-state index in [-0.39, 0.29) is 17.3 Å². The van der Waals surface area contributed by atoms with Crippen LogP contribution in [0.25, 0.3) is 0 Å². The Morgan fingerprint density at radius 1 is 1.16 bits per heavy atom. The lowest BCUT2D eigenvalue weighted by Crippen LogP contribution is -2.48. The van der Waals surface area contributed by atoms with Crippen LogP contribution in [0.2, 0.25) is 5.02 Å². The molecule has 2 aromatic carbocycles. The van der Waals surface area contributed by atoms with E-state index in [1.807, 2.05) is 32.0 Å². The maximum Gasteiger partial charge on any atom is 0.244 e. The fourth-order valence-electron chi connectivity index (χ4n) is 3.99. The van der Waals surface area contributed by atoms with Crippen molar-refractivity contribution in [2.75, 3.05) is 6.54 Å². The summed E-state index contributed by atoms with van der Waals surface area (Å²) in [7, 11) is -3.94. The molecule has 0 bridgehead atoms. The van der Waals surface area contributed by atoms with Crippen LogP contribution in [-0.4, -0.2) is 31.2 Å². The lowest BCUT2D eigenvalue weighted by molar-refractivity contribution is -0.124. The first-order valence-corrected chi connectivity index (χ1v) is 12.1. The number of fused-ring (bicyclic) bond motifs is 1. The number of sulfonamides is 1. The molecule has 0 aromatic heterocycles.